The van der Waals surface area contributed by atoms with Gasteiger partial charge in [-0.15, -0.1) is 34.8 Å². The lowest BCUT2D eigenvalue weighted by Crippen LogP contribution is -2.40. The number of halogens is 9. The van der Waals surface area contributed by atoms with Crippen molar-refractivity contribution in [2.75, 3.05) is 0 Å². The molecule has 1 aromatic rings. The summed E-state index contributed by atoms with van der Waals surface area (Å²) in [7, 11) is 0. The van der Waals surface area contributed by atoms with Crippen LogP contribution in [-0.2, 0) is 4.87 Å². The summed E-state index contributed by atoms with van der Waals surface area (Å²) < 4.78 is 78.4. The molecular formula is C11H5Cl3F6O. The van der Waals surface area contributed by atoms with Crippen molar-refractivity contribution in [2.24, 2.45) is 0 Å². The molecule has 0 amide bonds. The average Bonchev–Trinajstić information content (AvgIpc) is 2.75. The first-order valence-electron chi connectivity index (χ1n) is 5.25. The molecule has 0 spiro atoms. The van der Waals surface area contributed by atoms with Crippen LogP contribution in [0.2, 0.25) is 0 Å². The van der Waals surface area contributed by atoms with Crippen LogP contribution in [0, 0.1) is 0 Å². The topological polar surface area (TPSA) is 20.2 Å². The van der Waals surface area contributed by atoms with Crippen LogP contribution in [0.1, 0.15) is 5.56 Å². The molecule has 0 bridgehead atoms. The van der Waals surface area contributed by atoms with Gasteiger partial charge in [0.15, 0.2) is 9.75 Å². The van der Waals surface area contributed by atoms with Crippen molar-refractivity contribution < 1.29 is 31.4 Å². The molecule has 2 atom stereocenters. The van der Waals surface area contributed by atoms with E-state index in [1.165, 1.54) is 0 Å². The third-order valence-electron chi connectivity index (χ3n) is 3.41. The molecule has 2 rings (SSSR count). The van der Waals surface area contributed by atoms with E-state index in [2.05, 4.69) is 0 Å². The molecule has 1 fully saturated rings. The number of phenols is 1. The fraction of sp³-hybridized carbons (Fsp3) is 0.455. The Hall–Kier alpha value is -0.530. The van der Waals surface area contributed by atoms with Gasteiger partial charge in [-0.05, 0) is 17.7 Å². The molecule has 1 aromatic carbocycles. The third-order valence-corrected chi connectivity index (χ3v) is 6.05. The zero-order valence-electron chi connectivity index (χ0n) is 9.66. The lowest BCUT2D eigenvalue weighted by molar-refractivity contribution is -0.176. The Bertz CT molecular complexity index is 543. The van der Waals surface area contributed by atoms with E-state index < -0.39 is 32.5 Å². The molecule has 1 aliphatic rings. The summed E-state index contributed by atoms with van der Waals surface area (Å²) in [4.78, 5) is -11.0. The number of benzene rings is 1. The fourth-order valence-electron chi connectivity index (χ4n) is 2.32. The predicted octanol–water partition coefficient (Wildman–Crippen LogP) is 4.92. The first-order chi connectivity index (χ1) is 9.25. The largest absolute Gasteiger partial charge is 0.508 e. The maximum absolute atomic E-state index is 13.1. The smallest absolute Gasteiger partial charge is 0.411 e. The summed E-state index contributed by atoms with van der Waals surface area (Å²) in [6, 6.07) is 3.39. The number of rotatable bonds is 1. The van der Waals surface area contributed by atoms with E-state index in [1.807, 2.05) is 0 Å². The Morgan fingerprint density at radius 1 is 0.762 bits per heavy atom. The van der Waals surface area contributed by atoms with E-state index in [1.54, 1.807) is 0 Å². The Labute approximate surface area is 129 Å². The van der Waals surface area contributed by atoms with E-state index in [-0.39, 0.29) is 5.75 Å². The normalized spacial score (nSPS) is 36.6. The maximum Gasteiger partial charge on any atom is 0.411 e. The molecule has 0 saturated heterocycles. The summed E-state index contributed by atoms with van der Waals surface area (Å²) in [5.74, 6) is -0.362. The van der Waals surface area contributed by atoms with Crippen LogP contribution in [0.25, 0.3) is 0 Å². The van der Waals surface area contributed by atoms with Crippen LogP contribution < -0.4 is 0 Å². The highest BCUT2D eigenvalue weighted by atomic mass is 35.5. The Morgan fingerprint density at radius 3 is 1.38 bits per heavy atom. The number of aromatic hydroxyl groups is 1. The number of phenolic OH excluding ortho intramolecular Hbond substituents is 1. The van der Waals surface area contributed by atoms with Crippen molar-refractivity contribution in [3.63, 3.8) is 0 Å². The molecule has 0 heterocycles. The first kappa shape index (κ1) is 16.8. The van der Waals surface area contributed by atoms with Crippen LogP contribution in [0.4, 0.5) is 26.3 Å². The first-order valence-corrected chi connectivity index (χ1v) is 6.38. The molecule has 1 N–H and O–H groups in total. The van der Waals surface area contributed by atoms with E-state index in [0.717, 1.165) is 24.3 Å². The molecule has 118 valence electrons. The van der Waals surface area contributed by atoms with Gasteiger partial charge in [-0.2, -0.15) is 26.3 Å². The number of hydrogen-bond donors (Lipinski definition) is 1. The maximum atomic E-state index is 13.1. The van der Waals surface area contributed by atoms with Crippen molar-refractivity contribution in [3.05, 3.63) is 29.8 Å². The molecule has 2 unspecified atom stereocenters. The monoisotopic (exact) mass is 372 g/mol. The Kier molecular flexibility index (Phi) is 3.42. The lowest BCUT2D eigenvalue weighted by Gasteiger charge is -2.18. The highest BCUT2D eigenvalue weighted by Gasteiger charge is 3.03. The molecule has 1 saturated carbocycles. The van der Waals surface area contributed by atoms with Gasteiger partial charge in [0.25, 0.3) is 0 Å². The summed E-state index contributed by atoms with van der Waals surface area (Å²) in [5, 5.41) is 9.07. The van der Waals surface area contributed by atoms with E-state index in [9.17, 15) is 26.3 Å². The van der Waals surface area contributed by atoms with Crippen molar-refractivity contribution in [2.45, 2.75) is 27.0 Å². The van der Waals surface area contributed by atoms with Crippen LogP contribution in [0.5, 0.6) is 5.75 Å². The third kappa shape index (κ3) is 1.74. The van der Waals surface area contributed by atoms with Gasteiger partial charge in [0.2, 0.25) is 0 Å². The van der Waals surface area contributed by atoms with Crippen LogP contribution in [-0.4, -0.2) is 27.2 Å². The van der Waals surface area contributed by atoms with Crippen molar-refractivity contribution in [3.8, 4) is 5.75 Å². The molecule has 0 aromatic heterocycles. The molecular weight excluding hydrogens is 368 g/mol. The average molecular weight is 374 g/mol. The van der Waals surface area contributed by atoms with Gasteiger partial charge in [0, 0.05) is 0 Å². The fourth-order valence-corrected chi connectivity index (χ4v) is 3.95. The van der Waals surface area contributed by atoms with Crippen LogP contribution >= 0.6 is 34.8 Å². The zero-order valence-corrected chi connectivity index (χ0v) is 11.9. The second kappa shape index (κ2) is 4.26. The van der Waals surface area contributed by atoms with Gasteiger partial charge >= 0.3 is 12.4 Å². The molecule has 0 aliphatic heterocycles. The second-order valence-corrected chi connectivity index (χ2v) is 6.22. The van der Waals surface area contributed by atoms with Crippen molar-refractivity contribution in [1.82, 2.24) is 0 Å². The Balaban J connectivity index is 2.69. The summed E-state index contributed by atoms with van der Waals surface area (Å²) in [6.45, 7) is 0. The van der Waals surface area contributed by atoms with Crippen molar-refractivity contribution in [1.29, 1.82) is 0 Å². The zero-order chi connectivity index (χ0) is 16.5. The standard InChI is InChI=1S/C11H5Cl3F6O/c12-7(5-1-3-6(21)4-2-5)8(13,10(15,16)17)9(7,14)11(18,19)20/h1-4,21H. The molecule has 21 heavy (non-hydrogen) atoms. The van der Waals surface area contributed by atoms with Gasteiger partial charge in [0.05, 0.1) is 0 Å². The lowest BCUT2D eigenvalue weighted by atomic mass is 10.1. The molecule has 10 heteroatoms. The summed E-state index contributed by atoms with van der Waals surface area (Å²) in [6.07, 6.45) is -11.0. The van der Waals surface area contributed by atoms with Gasteiger partial charge in [-0.1, -0.05) is 12.1 Å². The number of hydrogen-bond acceptors (Lipinski definition) is 1. The molecule has 0 radical (unpaired) electrons. The van der Waals surface area contributed by atoms with E-state index in [4.69, 9.17) is 39.9 Å². The van der Waals surface area contributed by atoms with E-state index >= 15 is 0 Å². The van der Waals surface area contributed by atoms with Gasteiger partial charge in [-0.3, -0.25) is 0 Å². The minimum Gasteiger partial charge on any atom is -0.508 e. The highest BCUT2D eigenvalue weighted by Crippen LogP contribution is 2.84. The summed E-state index contributed by atoms with van der Waals surface area (Å²) in [5.41, 5.74) is -0.596. The van der Waals surface area contributed by atoms with Crippen LogP contribution in [0.3, 0.4) is 0 Å². The van der Waals surface area contributed by atoms with E-state index in [0.29, 0.717) is 0 Å². The van der Waals surface area contributed by atoms with Crippen molar-refractivity contribution >= 4 is 34.8 Å². The minimum atomic E-state index is -5.51. The predicted molar refractivity (Wildman–Crippen MR) is 64.9 cm³/mol. The van der Waals surface area contributed by atoms with Gasteiger partial charge in [0.1, 0.15) is 10.6 Å². The second-order valence-electron chi connectivity index (χ2n) is 4.52. The van der Waals surface area contributed by atoms with Crippen LogP contribution in [0.15, 0.2) is 24.3 Å². The SMILES string of the molecule is Oc1ccc(C2(Cl)C(Cl)(C(F)(F)F)C2(Cl)C(F)(F)F)cc1. The molecule has 1 aliphatic carbocycles. The summed E-state index contributed by atoms with van der Waals surface area (Å²) >= 11 is 16.1. The minimum absolute atomic E-state index is 0.362. The van der Waals surface area contributed by atoms with Gasteiger partial charge < -0.3 is 5.11 Å². The quantitative estimate of drug-likeness (QED) is 0.547. The highest BCUT2D eigenvalue weighted by molar-refractivity contribution is 6.52. The number of alkyl halides is 9. The van der Waals surface area contributed by atoms with Gasteiger partial charge in [-0.25, -0.2) is 0 Å². The molecule has 1 nitrogen and oxygen atoms in total. The Morgan fingerprint density at radius 2 is 1.10 bits per heavy atom.